The van der Waals surface area contributed by atoms with E-state index < -0.39 is 18.0 Å². The fourth-order valence-electron chi connectivity index (χ4n) is 3.77. The lowest BCUT2D eigenvalue weighted by atomic mass is 9.81. The van der Waals surface area contributed by atoms with Gasteiger partial charge in [-0.15, -0.1) is 0 Å². The summed E-state index contributed by atoms with van der Waals surface area (Å²) in [6.45, 7) is 1.45. The summed E-state index contributed by atoms with van der Waals surface area (Å²) in [5.74, 6) is -1.97. The molecule has 7 nitrogen and oxygen atoms in total. The van der Waals surface area contributed by atoms with Crippen LogP contribution in [-0.4, -0.2) is 41.2 Å². The Labute approximate surface area is 168 Å². The van der Waals surface area contributed by atoms with Gasteiger partial charge in [0.25, 0.3) is 5.91 Å². The number of imide groups is 1. The number of anilines is 1. The predicted octanol–water partition coefficient (Wildman–Crippen LogP) is 2.78. The molecule has 1 aliphatic carbocycles. The topological polar surface area (TPSA) is 92.8 Å². The van der Waals surface area contributed by atoms with Crippen LogP contribution in [0.1, 0.15) is 39.0 Å². The Kier molecular flexibility index (Phi) is 6.34. The van der Waals surface area contributed by atoms with E-state index >= 15 is 0 Å². The first-order chi connectivity index (χ1) is 13.4. The monoisotopic (exact) mass is 406 g/mol. The van der Waals surface area contributed by atoms with Crippen LogP contribution in [0, 0.1) is 11.8 Å². The van der Waals surface area contributed by atoms with Gasteiger partial charge in [-0.1, -0.05) is 30.5 Å². The maximum absolute atomic E-state index is 12.4. The van der Waals surface area contributed by atoms with Crippen LogP contribution in [0.2, 0.25) is 5.02 Å². The minimum atomic E-state index is -1.01. The smallest absolute Gasteiger partial charge is 0.308 e. The van der Waals surface area contributed by atoms with Gasteiger partial charge in [0.15, 0.2) is 6.10 Å². The zero-order chi connectivity index (χ0) is 20.3. The summed E-state index contributed by atoms with van der Waals surface area (Å²) in [5.41, 5.74) is 0.497. The molecule has 1 heterocycles. The minimum Gasteiger partial charge on any atom is -0.452 e. The molecule has 8 heteroatoms. The Bertz CT molecular complexity index is 773. The number of hydrogen-bond acceptors (Lipinski definition) is 5. The highest BCUT2D eigenvalue weighted by Crippen LogP contribution is 2.37. The lowest BCUT2D eigenvalue weighted by Crippen LogP contribution is -2.35. The zero-order valence-electron chi connectivity index (χ0n) is 15.7. The molecule has 2 fully saturated rings. The molecule has 1 N–H and O–H groups in total. The molecule has 28 heavy (non-hydrogen) atoms. The molecule has 1 saturated heterocycles. The standard InChI is InChI=1S/C20H23ClN2O5/c1-12(18(25)22-14-6-4-5-13(21)11-14)28-17(24)9-10-23-19(26)15-7-2-3-8-16(15)20(23)27/h4-6,11-12,15-16H,2-3,7-10H2,1H3,(H,22,25)/t12-,15-,16-/m0/s1. The fraction of sp³-hybridized carbons (Fsp3) is 0.500. The maximum atomic E-state index is 12.4. The molecule has 1 saturated carbocycles. The molecule has 1 aliphatic heterocycles. The number of rotatable bonds is 6. The van der Waals surface area contributed by atoms with Gasteiger partial charge in [-0.3, -0.25) is 24.1 Å². The normalized spacial score (nSPS) is 22.6. The first kappa shape index (κ1) is 20.3. The molecular weight excluding hydrogens is 384 g/mol. The zero-order valence-corrected chi connectivity index (χ0v) is 16.4. The van der Waals surface area contributed by atoms with Crippen LogP contribution in [0.15, 0.2) is 24.3 Å². The number of carbonyl (C=O) groups excluding carboxylic acids is 4. The Balaban J connectivity index is 1.48. The van der Waals surface area contributed by atoms with Gasteiger partial charge in [0, 0.05) is 17.3 Å². The van der Waals surface area contributed by atoms with Crippen LogP contribution in [0.25, 0.3) is 0 Å². The molecule has 1 aromatic rings. The van der Waals surface area contributed by atoms with Crippen molar-refractivity contribution >= 4 is 41.0 Å². The number of hydrogen-bond donors (Lipinski definition) is 1. The second-order valence-corrected chi connectivity index (χ2v) is 7.64. The highest BCUT2D eigenvalue weighted by atomic mass is 35.5. The lowest BCUT2D eigenvalue weighted by Gasteiger charge is -2.19. The van der Waals surface area contributed by atoms with Gasteiger partial charge < -0.3 is 10.1 Å². The summed E-state index contributed by atoms with van der Waals surface area (Å²) in [4.78, 5) is 50.2. The summed E-state index contributed by atoms with van der Waals surface area (Å²) in [5, 5.41) is 3.09. The number of fused-ring (bicyclic) bond motifs is 1. The van der Waals surface area contributed by atoms with E-state index in [0.29, 0.717) is 10.7 Å². The van der Waals surface area contributed by atoms with Gasteiger partial charge in [0.2, 0.25) is 11.8 Å². The van der Waals surface area contributed by atoms with Gasteiger partial charge in [-0.2, -0.15) is 0 Å². The third-order valence-corrected chi connectivity index (χ3v) is 5.48. The van der Waals surface area contributed by atoms with Crippen molar-refractivity contribution in [1.29, 1.82) is 0 Å². The Hall–Kier alpha value is -2.41. The van der Waals surface area contributed by atoms with E-state index in [2.05, 4.69) is 5.32 Å². The number of ether oxygens (including phenoxy) is 1. The van der Waals surface area contributed by atoms with Crippen molar-refractivity contribution in [2.45, 2.75) is 45.1 Å². The Morgan fingerprint density at radius 1 is 1.21 bits per heavy atom. The van der Waals surface area contributed by atoms with Crippen molar-refractivity contribution in [3.05, 3.63) is 29.3 Å². The van der Waals surface area contributed by atoms with Crippen LogP contribution in [0.4, 0.5) is 5.69 Å². The van der Waals surface area contributed by atoms with Gasteiger partial charge in [-0.05, 0) is 38.0 Å². The van der Waals surface area contributed by atoms with E-state index in [4.69, 9.17) is 16.3 Å². The number of nitrogens with zero attached hydrogens (tertiary/aromatic N) is 1. The highest BCUT2D eigenvalue weighted by Gasteiger charge is 2.47. The van der Waals surface area contributed by atoms with Crippen molar-refractivity contribution in [1.82, 2.24) is 4.90 Å². The second kappa shape index (κ2) is 8.73. The summed E-state index contributed by atoms with van der Waals surface area (Å²) < 4.78 is 5.13. The molecule has 0 radical (unpaired) electrons. The van der Waals surface area contributed by atoms with Crippen molar-refractivity contribution in [2.75, 3.05) is 11.9 Å². The molecular formula is C20H23ClN2O5. The molecule has 3 amide bonds. The van der Waals surface area contributed by atoms with E-state index in [9.17, 15) is 19.2 Å². The Morgan fingerprint density at radius 2 is 1.86 bits per heavy atom. The fourth-order valence-corrected chi connectivity index (χ4v) is 3.96. The largest absolute Gasteiger partial charge is 0.452 e. The number of benzene rings is 1. The molecule has 2 aliphatic rings. The number of amides is 3. The molecule has 150 valence electrons. The quantitative estimate of drug-likeness (QED) is 0.579. The van der Waals surface area contributed by atoms with Crippen LogP contribution >= 0.6 is 11.6 Å². The molecule has 3 atom stereocenters. The number of likely N-dealkylation sites (tertiary alicyclic amines) is 1. The summed E-state index contributed by atoms with van der Waals surface area (Å²) in [6, 6.07) is 6.62. The summed E-state index contributed by atoms with van der Waals surface area (Å²) >= 11 is 5.87. The van der Waals surface area contributed by atoms with E-state index in [1.54, 1.807) is 24.3 Å². The Morgan fingerprint density at radius 3 is 2.46 bits per heavy atom. The summed E-state index contributed by atoms with van der Waals surface area (Å²) in [6.07, 6.45) is 2.23. The maximum Gasteiger partial charge on any atom is 0.308 e. The third-order valence-electron chi connectivity index (χ3n) is 5.24. The van der Waals surface area contributed by atoms with Crippen LogP contribution in [-0.2, 0) is 23.9 Å². The van der Waals surface area contributed by atoms with Crippen LogP contribution < -0.4 is 5.32 Å². The molecule has 0 unspecified atom stereocenters. The van der Waals surface area contributed by atoms with E-state index in [-0.39, 0.29) is 36.6 Å². The molecule has 0 bridgehead atoms. The SMILES string of the molecule is C[C@H](OC(=O)CCN1C(=O)[C@H]2CCCC[C@@H]2C1=O)C(=O)Nc1cccc(Cl)c1. The first-order valence-electron chi connectivity index (χ1n) is 9.48. The average molecular weight is 407 g/mol. The van der Waals surface area contributed by atoms with E-state index in [1.807, 2.05) is 0 Å². The third kappa shape index (κ3) is 4.52. The number of nitrogens with one attached hydrogen (secondary N) is 1. The van der Waals surface area contributed by atoms with Gasteiger partial charge in [0.05, 0.1) is 18.3 Å². The van der Waals surface area contributed by atoms with Crippen LogP contribution in [0.3, 0.4) is 0 Å². The highest BCUT2D eigenvalue weighted by molar-refractivity contribution is 6.30. The number of esters is 1. The van der Waals surface area contributed by atoms with Crippen molar-refractivity contribution in [3.63, 3.8) is 0 Å². The lowest BCUT2D eigenvalue weighted by molar-refractivity contribution is -0.154. The van der Waals surface area contributed by atoms with Crippen molar-refractivity contribution < 1.29 is 23.9 Å². The molecule has 1 aromatic carbocycles. The van der Waals surface area contributed by atoms with Crippen molar-refractivity contribution in [3.8, 4) is 0 Å². The van der Waals surface area contributed by atoms with E-state index in [1.165, 1.54) is 11.8 Å². The molecule has 0 aromatic heterocycles. The average Bonchev–Trinajstić information content (AvgIpc) is 2.91. The second-order valence-electron chi connectivity index (χ2n) is 7.21. The van der Waals surface area contributed by atoms with Crippen molar-refractivity contribution in [2.24, 2.45) is 11.8 Å². The van der Waals surface area contributed by atoms with E-state index in [0.717, 1.165) is 25.7 Å². The first-order valence-corrected chi connectivity index (χ1v) is 9.85. The van der Waals surface area contributed by atoms with Gasteiger partial charge in [0.1, 0.15) is 0 Å². The number of halogens is 1. The predicted molar refractivity (Wildman–Crippen MR) is 102 cm³/mol. The minimum absolute atomic E-state index is 0.00781. The molecule has 0 spiro atoms. The summed E-state index contributed by atoms with van der Waals surface area (Å²) in [7, 11) is 0. The van der Waals surface area contributed by atoms with Gasteiger partial charge >= 0.3 is 5.97 Å². The number of carbonyl (C=O) groups is 4. The van der Waals surface area contributed by atoms with Gasteiger partial charge in [-0.25, -0.2) is 0 Å². The van der Waals surface area contributed by atoms with Crippen LogP contribution in [0.5, 0.6) is 0 Å². The molecule has 3 rings (SSSR count).